The monoisotopic (exact) mass is 702 g/mol. The minimum atomic E-state index is 0.584. The molecular formula is C52H34N2O. The van der Waals surface area contributed by atoms with Gasteiger partial charge in [-0.1, -0.05) is 164 Å². The van der Waals surface area contributed by atoms with Gasteiger partial charge in [0.1, 0.15) is 5.58 Å². The Labute approximate surface area is 319 Å². The predicted molar refractivity (Wildman–Crippen MR) is 227 cm³/mol. The lowest BCUT2D eigenvalue weighted by molar-refractivity contribution is 0.653. The van der Waals surface area contributed by atoms with Crippen molar-refractivity contribution >= 4 is 22.1 Å². The molecule has 0 radical (unpaired) electrons. The molecular weight excluding hydrogens is 669 g/mol. The summed E-state index contributed by atoms with van der Waals surface area (Å²) in [4.78, 5) is 10.2. The van der Waals surface area contributed by atoms with Gasteiger partial charge in [0.2, 0.25) is 5.71 Å². The summed E-state index contributed by atoms with van der Waals surface area (Å²) in [5.74, 6) is 0.626. The van der Waals surface area contributed by atoms with Gasteiger partial charge in [-0.3, -0.25) is 0 Å². The minimum Gasteiger partial charge on any atom is -0.438 e. The number of hydrogen-bond acceptors (Lipinski definition) is 3. The second kappa shape index (κ2) is 13.9. The van der Waals surface area contributed by atoms with Crippen molar-refractivity contribution in [1.82, 2.24) is 9.97 Å². The molecule has 2 heterocycles. The largest absolute Gasteiger partial charge is 0.438 e. The molecule has 0 aliphatic carbocycles. The normalized spacial score (nSPS) is 11.3. The maximum Gasteiger partial charge on any atom is 0.231 e. The first-order valence-electron chi connectivity index (χ1n) is 18.6. The van der Waals surface area contributed by atoms with Crippen molar-refractivity contribution < 1.29 is 4.42 Å². The molecule has 0 saturated carbocycles. The maximum atomic E-state index is 6.32. The Morgan fingerprint density at radius 1 is 0.291 bits per heavy atom. The highest BCUT2D eigenvalue weighted by Gasteiger charge is 2.18. The predicted octanol–water partition coefficient (Wildman–Crippen LogP) is 14.0. The van der Waals surface area contributed by atoms with E-state index in [-0.39, 0.29) is 0 Å². The number of benzene rings is 8. The fraction of sp³-hybridized carbons (Fsp3) is 0. The fourth-order valence-electron chi connectivity index (χ4n) is 7.54. The molecule has 10 aromatic rings. The fourth-order valence-corrected chi connectivity index (χ4v) is 7.54. The molecule has 8 aromatic carbocycles. The highest BCUT2D eigenvalue weighted by molar-refractivity contribution is 6.10. The zero-order valence-corrected chi connectivity index (χ0v) is 29.9. The molecule has 3 heteroatoms. The van der Waals surface area contributed by atoms with Crippen LogP contribution in [0.5, 0.6) is 0 Å². The van der Waals surface area contributed by atoms with E-state index in [1.807, 2.05) is 36.4 Å². The molecule has 0 aliphatic rings. The van der Waals surface area contributed by atoms with Crippen LogP contribution in [0.3, 0.4) is 0 Å². The minimum absolute atomic E-state index is 0.584. The van der Waals surface area contributed by atoms with Crippen molar-refractivity contribution in [1.29, 1.82) is 0 Å². The van der Waals surface area contributed by atoms with Crippen LogP contribution >= 0.6 is 0 Å². The zero-order chi connectivity index (χ0) is 36.6. The molecule has 0 atom stereocenters. The van der Waals surface area contributed by atoms with Crippen LogP contribution in [-0.2, 0) is 0 Å². The van der Waals surface area contributed by atoms with Gasteiger partial charge in [0.15, 0.2) is 5.82 Å². The highest BCUT2D eigenvalue weighted by atomic mass is 16.3. The molecule has 0 aliphatic heterocycles. The number of hydrogen-bond donors (Lipinski definition) is 0. The standard InChI is InChI=1S/C52H34N2O/c1-4-15-35(16-5-1)38-21-12-24-41(29-38)45-32-44(36-17-6-2-7-18-36)33-46(34-45)42-25-13-22-39(30-42)40-23-14-26-43(31-40)51-53-50(37-19-8-3-9-20-37)49-47-27-10-11-28-48(47)55-52(49)54-51/h1-34H. The van der Waals surface area contributed by atoms with Crippen molar-refractivity contribution in [2.24, 2.45) is 0 Å². The van der Waals surface area contributed by atoms with E-state index in [0.717, 1.165) is 55.4 Å². The lowest BCUT2D eigenvalue weighted by Crippen LogP contribution is -1.94. The molecule has 0 saturated heterocycles. The average molecular weight is 703 g/mol. The van der Waals surface area contributed by atoms with E-state index in [4.69, 9.17) is 14.4 Å². The van der Waals surface area contributed by atoms with E-state index in [2.05, 4.69) is 170 Å². The van der Waals surface area contributed by atoms with E-state index in [0.29, 0.717) is 11.5 Å². The third-order valence-corrected chi connectivity index (χ3v) is 10.3. The first-order chi connectivity index (χ1) is 27.2. The van der Waals surface area contributed by atoms with Crippen molar-refractivity contribution in [3.63, 3.8) is 0 Å². The number of fused-ring (bicyclic) bond motifs is 3. The van der Waals surface area contributed by atoms with Gasteiger partial charge in [-0.2, -0.15) is 4.98 Å². The highest BCUT2D eigenvalue weighted by Crippen LogP contribution is 2.38. The number of rotatable bonds is 7. The van der Waals surface area contributed by atoms with Gasteiger partial charge < -0.3 is 4.42 Å². The van der Waals surface area contributed by atoms with Crippen molar-refractivity contribution in [3.8, 4) is 78.3 Å². The van der Waals surface area contributed by atoms with Gasteiger partial charge in [0.05, 0.1) is 11.1 Å². The summed E-state index contributed by atoms with van der Waals surface area (Å²) in [6, 6.07) is 72.6. The van der Waals surface area contributed by atoms with Gasteiger partial charge in [0, 0.05) is 16.5 Å². The van der Waals surface area contributed by atoms with Crippen LogP contribution in [0.4, 0.5) is 0 Å². The summed E-state index contributed by atoms with van der Waals surface area (Å²) < 4.78 is 6.32. The van der Waals surface area contributed by atoms with Crippen LogP contribution in [0, 0.1) is 0 Å². The quantitative estimate of drug-likeness (QED) is 0.166. The molecule has 0 bridgehead atoms. The Balaban J connectivity index is 1.07. The third kappa shape index (κ3) is 6.28. The van der Waals surface area contributed by atoms with Crippen LogP contribution in [0.2, 0.25) is 0 Å². The SMILES string of the molecule is c1ccc(-c2cccc(-c3cc(-c4ccccc4)cc(-c4cccc(-c5cccc(-c6nc(-c7ccccc7)c7c(n6)oc6ccccc67)c5)c4)c3)c2)cc1. The summed E-state index contributed by atoms with van der Waals surface area (Å²) in [7, 11) is 0. The zero-order valence-electron chi connectivity index (χ0n) is 29.9. The number of furan rings is 1. The Morgan fingerprint density at radius 2 is 0.673 bits per heavy atom. The van der Waals surface area contributed by atoms with Crippen molar-refractivity contribution in [3.05, 3.63) is 206 Å². The molecule has 0 unspecified atom stereocenters. The number of para-hydroxylation sites is 1. The van der Waals surface area contributed by atoms with Gasteiger partial charge in [0.25, 0.3) is 0 Å². The molecule has 0 fully saturated rings. The van der Waals surface area contributed by atoms with Crippen LogP contribution in [0.15, 0.2) is 211 Å². The molecule has 10 rings (SSSR count). The second-order valence-electron chi connectivity index (χ2n) is 13.8. The van der Waals surface area contributed by atoms with Crippen molar-refractivity contribution in [2.75, 3.05) is 0 Å². The third-order valence-electron chi connectivity index (χ3n) is 10.3. The summed E-state index contributed by atoms with van der Waals surface area (Å²) in [5.41, 5.74) is 15.8. The Bertz CT molecular complexity index is 2970. The Kier molecular flexibility index (Phi) is 8.16. The van der Waals surface area contributed by atoms with Gasteiger partial charge in [-0.05, 0) is 98.1 Å². The molecule has 0 spiro atoms. The molecule has 258 valence electrons. The Morgan fingerprint density at radius 3 is 1.25 bits per heavy atom. The molecule has 2 aromatic heterocycles. The smallest absolute Gasteiger partial charge is 0.231 e. The van der Waals surface area contributed by atoms with Crippen LogP contribution < -0.4 is 0 Å². The summed E-state index contributed by atoms with van der Waals surface area (Å²) in [6.45, 7) is 0. The van der Waals surface area contributed by atoms with E-state index in [1.54, 1.807) is 0 Å². The lowest BCUT2D eigenvalue weighted by Gasteiger charge is -2.13. The molecule has 55 heavy (non-hydrogen) atoms. The molecule has 0 N–H and O–H groups in total. The maximum absolute atomic E-state index is 6.32. The van der Waals surface area contributed by atoms with Crippen molar-refractivity contribution in [2.45, 2.75) is 0 Å². The molecule has 0 amide bonds. The van der Waals surface area contributed by atoms with E-state index in [1.165, 1.54) is 33.4 Å². The van der Waals surface area contributed by atoms with Gasteiger partial charge in [-0.15, -0.1) is 0 Å². The number of aromatic nitrogens is 2. The van der Waals surface area contributed by atoms with Crippen LogP contribution in [-0.4, -0.2) is 9.97 Å². The lowest BCUT2D eigenvalue weighted by atomic mass is 9.91. The van der Waals surface area contributed by atoms with E-state index < -0.39 is 0 Å². The summed E-state index contributed by atoms with van der Waals surface area (Å²) in [6.07, 6.45) is 0. The second-order valence-corrected chi connectivity index (χ2v) is 13.8. The summed E-state index contributed by atoms with van der Waals surface area (Å²) >= 11 is 0. The van der Waals surface area contributed by atoms with E-state index >= 15 is 0 Å². The first kappa shape index (κ1) is 32.3. The summed E-state index contributed by atoms with van der Waals surface area (Å²) in [5, 5.41) is 1.94. The van der Waals surface area contributed by atoms with E-state index in [9.17, 15) is 0 Å². The topological polar surface area (TPSA) is 38.9 Å². The average Bonchev–Trinajstić information content (AvgIpc) is 3.66. The van der Waals surface area contributed by atoms with Crippen LogP contribution in [0.1, 0.15) is 0 Å². The van der Waals surface area contributed by atoms with Crippen LogP contribution in [0.25, 0.3) is 100 Å². The Hall–Kier alpha value is -7.36. The van der Waals surface area contributed by atoms with Gasteiger partial charge in [-0.25, -0.2) is 4.98 Å². The molecule has 3 nitrogen and oxygen atoms in total. The van der Waals surface area contributed by atoms with Gasteiger partial charge >= 0.3 is 0 Å². The first-order valence-corrected chi connectivity index (χ1v) is 18.6. The number of nitrogens with zero attached hydrogens (tertiary/aromatic N) is 2.